The molecule has 8 heteroatoms. The molecule has 112 valence electrons. The van der Waals surface area contributed by atoms with E-state index in [2.05, 4.69) is 10.4 Å². The van der Waals surface area contributed by atoms with Crippen molar-refractivity contribution in [2.75, 3.05) is 5.32 Å². The van der Waals surface area contributed by atoms with E-state index in [1.54, 1.807) is 24.3 Å². The third-order valence-corrected chi connectivity index (χ3v) is 3.01. The number of nitrogens with one attached hydrogen (secondary N) is 1. The van der Waals surface area contributed by atoms with Gasteiger partial charge in [0.2, 0.25) is 5.91 Å². The van der Waals surface area contributed by atoms with Crippen molar-refractivity contribution in [2.24, 2.45) is 0 Å². The number of amides is 1. The number of nitriles is 1. The molecule has 8 nitrogen and oxygen atoms in total. The molecule has 1 heterocycles. The van der Waals surface area contributed by atoms with Gasteiger partial charge in [-0.05, 0) is 19.1 Å². The highest BCUT2D eigenvalue weighted by molar-refractivity contribution is 5.92. The predicted molar refractivity (Wildman–Crippen MR) is 78.0 cm³/mol. The summed E-state index contributed by atoms with van der Waals surface area (Å²) in [6, 6.07) is 8.66. The van der Waals surface area contributed by atoms with Crippen molar-refractivity contribution in [1.29, 1.82) is 5.26 Å². The Morgan fingerprint density at radius 3 is 2.86 bits per heavy atom. The lowest BCUT2D eigenvalue weighted by Crippen LogP contribution is -2.15. The highest BCUT2D eigenvalue weighted by atomic mass is 16.6. The van der Waals surface area contributed by atoms with Crippen molar-refractivity contribution in [3.05, 3.63) is 51.8 Å². The Hall–Kier alpha value is -3.21. The van der Waals surface area contributed by atoms with Crippen LogP contribution < -0.4 is 5.32 Å². The molecule has 1 aromatic heterocycles. The van der Waals surface area contributed by atoms with E-state index in [4.69, 9.17) is 5.26 Å². The zero-order valence-electron chi connectivity index (χ0n) is 11.8. The van der Waals surface area contributed by atoms with Gasteiger partial charge in [-0.15, -0.1) is 0 Å². The van der Waals surface area contributed by atoms with Gasteiger partial charge in [-0.1, -0.05) is 12.1 Å². The smallest absolute Gasteiger partial charge is 0.309 e. The van der Waals surface area contributed by atoms with Gasteiger partial charge in [0.15, 0.2) is 0 Å². The maximum absolute atomic E-state index is 11.9. The van der Waals surface area contributed by atoms with Crippen LogP contribution in [0, 0.1) is 28.4 Å². The third kappa shape index (κ3) is 3.46. The van der Waals surface area contributed by atoms with Gasteiger partial charge in [-0.3, -0.25) is 19.6 Å². The molecule has 22 heavy (non-hydrogen) atoms. The lowest BCUT2D eigenvalue weighted by Gasteiger charge is -2.06. The third-order valence-electron chi connectivity index (χ3n) is 3.01. The number of hydrogen-bond donors (Lipinski definition) is 1. The normalized spacial score (nSPS) is 10.0. The fourth-order valence-corrected chi connectivity index (χ4v) is 1.92. The molecule has 2 rings (SSSR count). The van der Waals surface area contributed by atoms with Crippen LogP contribution in [0.3, 0.4) is 0 Å². The number of carbonyl (C=O) groups excluding carboxylic acids is 1. The van der Waals surface area contributed by atoms with E-state index >= 15 is 0 Å². The van der Waals surface area contributed by atoms with Crippen LogP contribution in [0.25, 0.3) is 0 Å². The number of para-hydroxylation sites is 1. The topological polar surface area (TPSA) is 114 Å². The molecular formula is C14H13N5O3. The maximum atomic E-state index is 11.9. The van der Waals surface area contributed by atoms with Crippen LogP contribution in [0.15, 0.2) is 30.5 Å². The number of hydrogen-bond acceptors (Lipinski definition) is 5. The highest BCUT2D eigenvalue weighted by Gasteiger charge is 2.15. The first-order valence-electron chi connectivity index (χ1n) is 6.48. The summed E-state index contributed by atoms with van der Waals surface area (Å²) in [7, 11) is 0. The van der Waals surface area contributed by atoms with Gasteiger partial charge in [0.25, 0.3) is 0 Å². The van der Waals surface area contributed by atoms with Crippen molar-refractivity contribution in [1.82, 2.24) is 9.78 Å². The average molecular weight is 299 g/mol. The van der Waals surface area contributed by atoms with Crippen LogP contribution in [-0.2, 0) is 11.3 Å². The molecule has 0 aliphatic heterocycles. The van der Waals surface area contributed by atoms with Crippen LogP contribution >= 0.6 is 0 Å². The molecule has 0 unspecified atom stereocenters. The molecule has 0 aliphatic rings. The summed E-state index contributed by atoms with van der Waals surface area (Å²) in [6.45, 7) is 1.76. The minimum absolute atomic E-state index is 0.0739. The quantitative estimate of drug-likeness (QED) is 0.670. The second kappa shape index (κ2) is 6.49. The van der Waals surface area contributed by atoms with Crippen molar-refractivity contribution in [2.45, 2.75) is 19.9 Å². The van der Waals surface area contributed by atoms with Crippen LogP contribution in [-0.4, -0.2) is 20.6 Å². The number of benzene rings is 1. The Kier molecular flexibility index (Phi) is 4.48. The van der Waals surface area contributed by atoms with Crippen molar-refractivity contribution >= 4 is 17.3 Å². The second-order valence-corrected chi connectivity index (χ2v) is 4.58. The van der Waals surface area contributed by atoms with Gasteiger partial charge in [-0.25, -0.2) is 0 Å². The molecular weight excluding hydrogens is 286 g/mol. The van der Waals surface area contributed by atoms with Crippen LogP contribution in [0.2, 0.25) is 0 Å². The van der Waals surface area contributed by atoms with Gasteiger partial charge in [0.1, 0.15) is 18.0 Å². The molecule has 1 N–H and O–H groups in total. The van der Waals surface area contributed by atoms with E-state index in [1.807, 2.05) is 6.07 Å². The first-order valence-corrected chi connectivity index (χ1v) is 6.48. The molecule has 0 atom stereocenters. The van der Waals surface area contributed by atoms with Crippen molar-refractivity contribution < 1.29 is 9.72 Å². The van der Waals surface area contributed by atoms with Gasteiger partial charge < -0.3 is 5.32 Å². The minimum Gasteiger partial charge on any atom is -0.325 e. The summed E-state index contributed by atoms with van der Waals surface area (Å²) in [6.07, 6.45) is 1.39. The molecule has 0 aliphatic carbocycles. The molecule has 1 amide bonds. The monoisotopic (exact) mass is 299 g/mol. The minimum atomic E-state index is -0.512. The standard InChI is InChI=1S/C14H13N5O3/c1-10-13(19(21)22)9-18(17-10)7-6-14(20)16-12-5-3-2-4-11(12)8-15/h2-5,9H,6-7H2,1H3,(H,16,20). The summed E-state index contributed by atoms with van der Waals surface area (Å²) in [5.74, 6) is -0.293. The number of rotatable bonds is 5. The Labute approximate surface area is 126 Å². The molecule has 0 spiro atoms. The summed E-state index contributed by atoms with van der Waals surface area (Å²) in [5, 5.41) is 26.3. The number of anilines is 1. The van der Waals surface area contributed by atoms with E-state index in [0.29, 0.717) is 16.9 Å². The van der Waals surface area contributed by atoms with Crippen LogP contribution in [0.5, 0.6) is 0 Å². The van der Waals surface area contributed by atoms with Crippen molar-refractivity contribution in [3.63, 3.8) is 0 Å². The maximum Gasteiger partial charge on any atom is 0.309 e. The van der Waals surface area contributed by atoms with E-state index in [-0.39, 0.29) is 24.6 Å². The second-order valence-electron chi connectivity index (χ2n) is 4.58. The van der Waals surface area contributed by atoms with Gasteiger partial charge >= 0.3 is 5.69 Å². The zero-order valence-corrected chi connectivity index (χ0v) is 11.8. The largest absolute Gasteiger partial charge is 0.325 e. The average Bonchev–Trinajstić information content (AvgIpc) is 2.87. The molecule has 0 saturated carbocycles. The first kappa shape index (κ1) is 15.2. The number of aryl methyl sites for hydroxylation is 2. The summed E-state index contributed by atoms with van der Waals surface area (Å²) in [4.78, 5) is 22.1. The lowest BCUT2D eigenvalue weighted by atomic mass is 10.2. The van der Waals surface area contributed by atoms with Crippen molar-refractivity contribution in [3.8, 4) is 6.07 Å². The Morgan fingerprint density at radius 1 is 1.50 bits per heavy atom. The Bertz CT molecular complexity index is 760. The number of carbonyl (C=O) groups is 1. The van der Waals surface area contributed by atoms with E-state index in [0.717, 1.165) is 0 Å². The molecule has 0 radical (unpaired) electrons. The number of aromatic nitrogens is 2. The number of nitrogens with zero attached hydrogens (tertiary/aromatic N) is 4. The summed E-state index contributed by atoms with van der Waals surface area (Å²) in [5.41, 5.74) is 1.05. The van der Waals surface area contributed by atoms with Gasteiger partial charge in [0.05, 0.1) is 16.2 Å². The van der Waals surface area contributed by atoms with E-state index in [9.17, 15) is 14.9 Å². The predicted octanol–water partition coefficient (Wildman–Crippen LogP) is 2.00. The van der Waals surface area contributed by atoms with E-state index in [1.165, 1.54) is 17.8 Å². The molecule has 2 aromatic rings. The van der Waals surface area contributed by atoms with Gasteiger partial charge in [-0.2, -0.15) is 10.4 Å². The Balaban J connectivity index is 1.97. The van der Waals surface area contributed by atoms with Crippen LogP contribution in [0.1, 0.15) is 17.7 Å². The molecule has 0 saturated heterocycles. The fourth-order valence-electron chi connectivity index (χ4n) is 1.92. The number of nitro groups is 1. The summed E-state index contributed by atoms with van der Waals surface area (Å²) < 4.78 is 1.36. The fraction of sp³-hybridized carbons (Fsp3) is 0.214. The molecule has 1 aromatic carbocycles. The summed E-state index contributed by atoms with van der Waals surface area (Å²) >= 11 is 0. The van der Waals surface area contributed by atoms with Crippen LogP contribution in [0.4, 0.5) is 11.4 Å². The first-order chi connectivity index (χ1) is 10.5. The van der Waals surface area contributed by atoms with E-state index < -0.39 is 4.92 Å². The Morgan fingerprint density at radius 2 is 2.23 bits per heavy atom. The van der Waals surface area contributed by atoms with Gasteiger partial charge in [0, 0.05) is 13.0 Å². The zero-order chi connectivity index (χ0) is 16.1. The molecule has 0 bridgehead atoms. The highest BCUT2D eigenvalue weighted by Crippen LogP contribution is 2.16. The lowest BCUT2D eigenvalue weighted by molar-refractivity contribution is -0.385. The SMILES string of the molecule is Cc1nn(CCC(=O)Nc2ccccc2C#N)cc1[N+](=O)[O-]. The molecule has 0 fully saturated rings.